The lowest BCUT2D eigenvalue weighted by Crippen LogP contribution is -2.50. The fourth-order valence-corrected chi connectivity index (χ4v) is 3.74. The normalized spacial score (nSPS) is 17.1. The van der Waals surface area contributed by atoms with Crippen molar-refractivity contribution in [2.45, 2.75) is 39.0 Å². The summed E-state index contributed by atoms with van der Waals surface area (Å²) in [7, 11) is 0. The molecule has 2 aliphatic rings. The second kappa shape index (κ2) is 9.53. The first-order chi connectivity index (χ1) is 13.5. The largest absolute Gasteiger partial charge is 0.352 e. The van der Waals surface area contributed by atoms with Gasteiger partial charge >= 0.3 is 0 Å². The van der Waals surface area contributed by atoms with Crippen LogP contribution in [-0.2, 0) is 4.79 Å². The van der Waals surface area contributed by atoms with Crippen LogP contribution >= 0.6 is 0 Å². The van der Waals surface area contributed by atoms with E-state index in [0.29, 0.717) is 43.9 Å². The van der Waals surface area contributed by atoms with E-state index in [1.165, 1.54) is 18.4 Å². The highest BCUT2D eigenvalue weighted by Gasteiger charge is 2.23. The predicted molar refractivity (Wildman–Crippen MR) is 108 cm³/mol. The Hall–Kier alpha value is -2.63. The van der Waals surface area contributed by atoms with Crippen molar-refractivity contribution in [3.8, 4) is 0 Å². The molecule has 0 atom stereocenters. The summed E-state index contributed by atoms with van der Waals surface area (Å²) in [6.45, 7) is 4.40. The molecule has 28 heavy (non-hydrogen) atoms. The van der Waals surface area contributed by atoms with Crippen molar-refractivity contribution in [1.82, 2.24) is 15.1 Å². The monoisotopic (exact) mass is 383 g/mol. The molecular formula is C22H29N3O3. The molecule has 0 aromatic heterocycles. The van der Waals surface area contributed by atoms with Crippen LogP contribution in [0.5, 0.6) is 0 Å². The zero-order valence-electron chi connectivity index (χ0n) is 16.6. The number of rotatable bonds is 5. The minimum atomic E-state index is -0.106. The van der Waals surface area contributed by atoms with Crippen LogP contribution in [0.1, 0.15) is 59.7 Å². The predicted octanol–water partition coefficient (Wildman–Crippen LogP) is 2.61. The fraction of sp³-hybridized carbons (Fsp3) is 0.500. The summed E-state index contributed by atoms with van der Waals surface area (Å²) >= 11 is 0. The molecule has 1 aliphatic heterocycles. The van der Waals surface area contributed by atoms with Gasteiger partial charge in [0.1, 0.15) is 0 Å². The minimum absolute atomic E-state index is 0.0437. The molecule has 1 heterocycles. The number of carbonyl (C=O) groups is 3. The van der Waals surface area contributed by atoms with E-state index in [1.54, 1.807) is 41.0 Å². The van der Waals surface area contributed by atoms with Crippen molar-refractivity contribution in [2.24, 2.45) is 0 Å². The summed E-state index contributed by atoms with van der Waals surface area (Å²) in [4.78, 5) is 39.8. The lowest BCUT2D eigenvalue weighted by Gasteiger charge is -2.34. The van der Waals surface area contributed by atoms with E-state index in [4.69, 9.17) is 0 Å². The summed E-state index contributed by atoms with van der Waals surface area (Å²) < 4.78 is 0. The van der Waals surface area contributed by atoms with E-state index < -0.39 is 0 Å². The third-order valence-electron chi connectivity index (χ3n) is 5.52. The Bertz CT molecular complexity index is 747. The Kier molecular flexibility index (Phi) is 6.85. The maximum absolute atomic E-state index is 12.6. The molecule has 3 amide bonds. The number of carbonyl (C=O) groups excluding carboxylic acids is 3. The molecule has 6 nitrogen and oxygen atoms in total. The number of piperazine rings is 1. The van der Waals surface area contributed by atoms with Gasteiger partial charge in [0.25, 0.3) is 11.8 Å². The fourth-order valence-electron chi connectivity index (χ4n) is 3.74. The van der Waals surface area contributed by atoms with Crippen LogP contribution in [0, 0.1) is 0 Å². The smallest absolute Gasteiger partial charge is 0.253 e. The van der Waals surface area contributed by atoms with Gasteiger partial charge < -0.3 is 15.1 Å². The Morgan fingerprint density at radius 3 is 2.18 bits per heavy atom. The molecule has 0 unspecified atom stereocenters. The van der Waals surface area contributed by atoms with Gasteiger partial charge in [0.15, 0.2) is 0 Å². The Morgan fingerprint density at radius 2 is 1.57 bits per heavy atom. The molecule has 0 saturated carbocycles. The van der Waals surface area contributed by atoms with Crippen LogP contribution in [0.3, 0.4) is 0 Å². The van der Waals surface area contributed by atoms with Gasteiger partial charge in [-0.3, -0.25) is 14.4 Å². The van der Waals surface area contributed by atoms with E-state index in [9.17, 15) is 14.4 Å². The van der Waals surface area contributed by atoms with Gasteiger partial charge in [-0.05, 0) is 56.4 Å². The highest BCUT2D eigenvalue weighted by Crippen LogP contribution is 2.19. The van der Waals surface area contributed by atoms with Gasteiger partial charge in [0.2, 0.25) is 5.91 Å². The second-order valence-electron chi connectivity index (χ2n) is 7.49. The first-order valence-corrected chi connectivity index (χ1v) is 10.2. The van der Waals surface area contributed by atoms with Gasteiger partial charge in [-0.25, -0.2) is 0 Å². The topological polar surface area (TPSA) is 69.7 Å². The third-order valence-corrected chi connectivity index (χ3v) is 5.52. The van der Waals surface area contributed by atoms with Gasteiger partial charge in [-0.2, -0.15) is 0 Å². The SMILES string of the molecule is CC(=O)N1CCN(C(=O)c2ccc(C(=O)NCCC3=CCCCC3)cc2)CC1. The lowest BCUT2D eigenvalue weighted by atomic mass is 9.97. The highest BCUT2D eigenvalue weighted by molar-refractivity contribution is 5.97. The molecule has 1 fully saturated rings. The van der Waals surface area contributed by atoms with Crippen molar-refractivity contribution in [3.05, 3.63) is 47.0 Å². The van der Waals surface area contributed by atoms with E-state index >= 15 is 0 Å². The molecular weight excluding hydrogens is 354 g/mol. The van der Waals surface area contributed by atoms with Gasteiger partial charge in [-0.1, -0.05) is 11.6 Å². The van der Waals surface area contributed by atoms with Gasteiger partial charge in [0, 0.05) is 50.8 Å². The van der Waals surface area contributed by atoms with Gasteiger partial charge in [0.05, 0.1) is 0 Å². The van der Waals surface area contributed by atoms with Crippen molar-refractivity contribution in [2.75, 3.05) is 32.7 Å². The van der Waals surface area contributed by atoms with Crippen molar-refractivity contribution in [1.29, 1.82) is 0 Å². The summed E-state index contributed by atoms with van der Waals surface area (Å²) in [6.07, 6.45) is 8.03. The Balaban J connectivity index is 1.48. The van der Waals surface area contributed by atoms with Crippen LogP contribution in [0.4, 0.5) is 0 Å². The molecule has 150 valence electrons. The van der Waals surface area contributed by atoms with E-state index in [-0.39, 0.29) is 17.7 Å². The summed E-state index contributed by atoms with van der Waals surface area (Å²) in [5, 5.41) is 2.96. The summed E-state index contributed by atoms with van der Waals surface area (Å²) in [5.74, 6) is -0.118. The molecule has 0 spiro atoms. The zero-order valence-corrected chi connectivity index (χ0v) is 16.6. The van der Waals surface area contributed by atoms with Crippen molar-refractivity contribution < 1.29 is 14.4 Å². The first-order valence-electron chi connectivity index (χ1n) is 10.2. The van der Waals surface area contributed by atoms with Crippen LogP contribution in [0.15, 0.2) is 35.9 Å². The average molecular weight is 383 g/mol. The van der Waals surface area contributed by atoms with Gasteiger partial charge in [-0.15, -0.1) is 0 Å². The summed E-state index contributed by atoms with van der Waals surface area (Å²) in [6, 6.07) is 6.82. The number of hydrogen-bond donors (Lipinski definition) is 1. The standard InChI is InChI=1S/C22H29N3O3/c1-17(26)24-13-15-25(16-14-24)22(28)20-9-7-19(8-10-20)21(27)23-12-11-18-5-3-2-4-6-18/h5,7-10H,2-4,6,11-16H2,1H3,(H,23,27). The number of nitrogens with zero attached hydrogens (tertiary/aromatic N) is 2. The van der Waals surface area contributed by atoms with Crippen LogP contribution in [-0.4, -0.2) is 60.2 Å². The van der Waals surface area contributed by atoms with Crippen LogP contribution in [0.2, 0.25) is 0 Å². The molecule has 0 radical (unpaired) electrons. The quantitative estimate of drug-likeness (QED) is 0.795. The molecule has 1 aliphatic carbocycles. The molecule has 1 N–H and O–H groups in total. The van der Waals surface area contributed by atoms with Crippen molar-refractivity contribution in [3.63, 3.8) is 0 Å². The number of nitrogens with one attached hydrogen (secondary N) is 1. The maximum atomic E-state index is 12.6. The Morgan fingerprint density at radius 1 is 0.929 bits per heavy atom. The summed E-state index contributed by atoms with van der Waals surface area (Å²) in [5.41, 5.74) is 2.58. The van der Waals surface area contributed by atoms with Crippen LogP contribution in [0.25, 0.3) is 0 Å². The maximum Gasteiger partial charge on any atom is 0.253 e. The van der Waals surface area contributed by atoms with E-state index in [2.05, 4.69) is 11.4 Å². The molecule has 0 bridgehead atoms. The zero-order chi connectivity index (χ0) is 19.9. The molecule has 1 saturated heterocycles. The molecule has 3 rings (SSSR count). The van der Waals surface area contributed by atoms with E-state index in [1.807, 2.05) is 0 Å². The molecule has 1 aromatic carbocycles. The number of amides is 3. The van der Waals surface area contributed by atoms with E-state index in [0.717, 1.165) is 19.3 Å². The highest BCUT2D eigenvalue weighted by atomic mass is 16.2. The second-order valence-corrected chi connectivity index (χ2v) is 7.49. The van der Waals surface area contributed by atoms with Crippen molar-refractivity contribution >= 4 is 17.7 Å². The Labute approximate surface area is 166 Å². The number of allylic oxidation sites excluding steroid dienone is 1. The number of benzene rings is 1. The lowest BCUT2D eigenvalue weighted by molar-refractivity contribution is -0.130. The molecule has 1 aromatic rings. The number of hydrogen-bond acceptors (Lipinski definition) is 3. The average Bonchev–Trinajstić information content (AvgIpc) is 2.74. The third kappa shape index (κ3) is 5.21. The minimum Gasteiger partial charge on any atom is -0.352 e. The van der Waals surface area contributed by atoms with Crippen LogP contribution < -0.4 is 5.32 Å². The molecule has 6 heteroatoms. The first kappa shape index (κ1) is 20.1.